The van der Waals surface area contributed by atoms with Crippen LogP contribution in [0.15, 0.2) is 41.0 Å². The number of carbonyl (C=O) groups is 2. The van der Waals surface area contributed by atoms with Crippen LogP contribution < -0.4 is 5.32 Å². The van der Waals surface area contributed by atoms with E-state index >= 15 is 0 Å². The van der Waals surface area contributed by atoms with Crippen molar-refractivity contribution in [3.05, 3.63) is 52.9 Å². The van der Waals surface area contributed by atoms with E-state index in [9.17, 15) is 9.59 Å². The van der Waals surface area contributed by atoms with Crippen molar-refractivity contribution in [1.29, 1.82) is 0 Å². The number of likely N-dealkylation sites (tertiary alicyclic amines) is 1. The SMILES string of the molecule is Cc1ccc(NC(=O)[C@@H]2CC(=O)N(Cc3ccco3)C2)c(Cl)c1. The Labute approximate surface area is 139 Å². The van der Waals surface area contributed by atoms with Gasteiger partial charge in [0, 0.05) is 13.0 Å². The first-order valence-corrected chi connectivity index (χ1v) is 7.78. The van der Waals surface area contributed by atoms with Crippen LogP contribution in [0.5, 0.6) is 0 Å². The number of rotatable bonds is 4. The van der Waals surface area contributed by atoms with Gasteiger partial charge in [0.15, 0.2) is 0 Å². The average Bonchev–Trinajstić information content (AvgIpc) is 3.13. The third-order valence-corrected chi connectivity index (χ3v) is 4.21. The van der Waals surface area contributed by atoms with Crippen molar-refractivity contribution in [2.75, 3.05) is 11.9 Å². The van der Waals surface area contributed by atoms with Crippen molar-refractivity contribution in [3.63, 3.8) is 0 Å². The molecule has 23 heavy (non-hydrogen) atoms. The van der Waals surface area contributed by atoms with Crippen molar-refractivity contribution < 1.29 is 14.0 Å². The molecule has 2 aromatic rings. The van der Waals surface area contributed by atoms with E-state index in [0.29, 0.717) is 29.6 Å². The number of aryl methyl sites for hydroxylation is 1. The van der Waals surface area contributed by atoms with E-state index in [2.05, 4.69) is 5.32 Å². The van der Waals surface area contributed by atoms with E-state index in [4.69, 9.17) is 16.0 Å². The maximum atomic E-state index is 12.4. The highest BCUT2D eigenvalue weighted by molar-refractivity contribution is 6.33. The highest BCUT2D eigenvalue weighted by atomic mass is 35.5. The number of hydrogen-bond donors (Lipinski definition) is 1. The van der Waals surface area contributed by atoms with Crippen LogP contribution in [0.25, 0.3) is 0 Å². The van der Waals surface area contributed by atoms with Crippen LogP contribution in [-0.4, -0.2) is 23.3 Å². The van der Waals surface area contributed by atoms with Crippen LogP contribution in [0.2, 0.25) is 5.02 Å². The van der Waals surface area contributed by atoms with Crippen molar-refractivity contribution in [3.8, 4) is 0 Å². The second-order valence-electron chi connectivity index (χ2n) is 5.73. The van der Waals surface area contributed by atoms with Gasteiger partial charge in [-0.15, -0.1) is 0 Å². The zero-order valence-electron chi connectivity index (χ0n) is 12.7. The molecule has 1 N–H and O–H groups in total. The molecule has 0 radical (unpaired) electrons. The summed E-state index contributed by atoms with van der Waals surface area (Å²) in [6, 6.07) is 9.03. The number of nitrogens with zero attached hydrogens (tertiary/aromatic N) is 1. The molecule has 1 aromatic carbocycles. The number of anilines is 1. The highest BCUT2D eigenvalue weighted by Crippen LogP contribution is 2.26. The molecule has 1 atom stereocenters. The van der Waals surface area contributed by atoms with Crippen molar-refractivity contribution in [1.82, 2.24) is 4.90 Å². The summed E-state index contributed by atoms with van der Waals surface area (Å²) in [7, 11) is 0. The monoisotopic (exact) mass is 332 g/mol. The predicted molar refractivity (Wildman–Crippen MR) is 87.1 cm³/mol. The topological polar surface area (TPSA) is 62.6 Å². The minimum absolute atomic E-state index is 0.0449. The summed E-state index contributed by atoms with van der Waals surface area (Å²) < 4.78 is 5.25. The van der Waals surface area contributed by atoms with E-state index in [1.807, 2.05) is 19.1 Å². The van der Waals surface area contributed by atoms with Crippen LogP contribution in [0.1, 0.15) is 17.7 Å². The van der Waals surface area contributed by atoms with Crippen molar-refractivity contribution in [2.24, 2.45) is 5.92 Å². The second-order valence-corrected chi connectivity index (χ2v) is 6.13. The summed E-state index contributed by atoms with van der Waals surface area (Å²) in [5, 5.41) is 3.30. The zero-order chi connectivity index (χ0) is 16.4. The number of furan rings is 1. The number of benzene rings is 1. The summed E-state index contributed by atoms with van der Waals surface area (Å²) in [5.41, 5.74) is 1.59. The first-order valence-electron chi connectivity index (χ1n) is 7.40. The minimum atomic E-state index is -0.380. The quantitative estimate of drug-likeness (QED) is 0.935. The molecule has 0 bridgehead atoms. The first-order chi connectivity index (χ1) is 11.0. The van der Waals surface area contributed by atoms with E-state index in [-0.39, 0.29) is 24.2 Å². The molecule has 0 unspecified atom stereocenters. The second kappa shape index (κ2) is 6.46. The Hall–Kier alpha value is -2.27. The summed E-state index contributed by atoms with van der Waals surface area (Å²) in [4.78, 5) is 26.1. The Balaban J connectivity index is 1.63. The van der Waals surface area contributed by atoms with Gasteiger partial charge < -0.3 is 14.6 Å². The zero-order valence-corrected chi connectivity index (χ0v) is 13.5. The molecule has 6 heteroatoms. The van der Waals surface area contributed by atoms with Gasteiger partial charge in [-0.25, -0.2) is 0 Å². The molecule has 1 aliphatic heterocycles. The largest absolute Gasteiger partial charge is 0.467 e. The van der Waals surface area contributed by atoms with Gasteiger partial charge in [-0.2, -0.15) is 0 Å². The number of nitrogens with one attached hydrogen (secondary N) is 1. The molecular weight excluding hydrogens is 316 g/mol. The molecule has 0 saturated carbocycles. The number of hydrogen-bond acceptors (Lipinski definition) is 3. The Morgan fingerprint density at radius 2 is 2.26 bits per heavy atom. The number of halogens is 1. The molecular formula is C17H17ClN2O3. The lowest BCUT2D eigenvalue weighted by Gasteiger charge is -2.15. The molecule has 1 fully saturated rings. The average molecular weight is 333 g/mol. The molecule has 3 rings (SSSR count). The van der Waals surface area contributed by atoms with Crippen molar-refractivity contribution in [2.45, 2.75) is 19.9 Å². The van der Waals surface area contributed by atoms with E-state index in [1.165, 1.54) is 0 Å². The van der Waals surface area contributed by atoms with Gasteiger partial charge in [0.2, 0.25) is 11.8 Å². The lowest BCUT2D eigenvalue weighted by Crippen LogP contribution is -2.28. The third-order valence-electron chi connectivity index (χ3n) is 3.89. The van der Waals surface area contributed by atoms with E-state index < -0.39 is 0 Å². The minimum Gasteiger partial charge on any atom is -0.467 e. The Bertz CT molecular complexity index is 727. The van der Waals surface area contributed by atoms with Crippen LogP contribution in [0, 0.1) is 12.8 Å². The van der Waals surface area contributed by atoms with Gasteiger partial charge in [-0.05, 0) is 36.8 Å². The molecule has 5 nitrogen and oxygen atoms in total. The van der Waals surface area contributed by atoms with Gasteiger partial charge in [0.1, 0.15) is 5.76 Å². The summed E-state index contributed by atoms with van der Waals surface area (Å²) in [5.74, 6) is 0.0958. The maximum Gasteiger partial charge on any atom is 0.229 e. The van der Waals surface area contributed by atoms with Crippen LogP contribution in [0.4, 0.5) is 5.69 Å². The molecule has 1 aromatic heterocycles. The molecule has 0 spiro atoms. The highest BCUT2D eigenvalue weighted by Gasteiger charge is 2.34. The Kier molecular flexibility index (Phi) is 4.39. The Morgan fingerprint density at radius 1 is 1.43 bits per heavy atom. The Morgan fingerprint density at radius 3 is 2.96 bits per heavy atom. The normalized spacial score (nSPS) is 17.6. The van der Waals surface area contributed by atoms with E-state index in [0.717, 1.165) is 5.56 Å². The van der Waals surface area contributed by atoms with Crippen molar-refractivity contribution >= 4 is 29.1 Å². The van der Waals surface area contributed by atoms with Crippen LogP contribution in [0.3, 0.4) is 0 Å². The summed E-state index contributed by atoms with van der Waals surface area (Å²) >= 11 is 6.13. The molecule has 120 valence electrons. The van der Waals surface area contributed by atoms with Gasteiger partial charge in [-0.1, -0.05) is 17.7 Å². The molecule has 2 amide bonds. The smallest absolute Gasteiger partial charge is 0.229 e. The van der Waals surface area contributed by atoms with Gasteiger partial charge in [0.25, 0.3) is 0 Å². The molecule has 1 saturated heterocycles. The molecule has 2 heterocycles. The van der Waals surface area contributed by atoms with Gasteiger partial charge in [-0.3, -0.25) is 9.59 Å². The number of amides is 2. The first kappa shape index (κ1) is 15.6. The lowest BCUT2D eigenvalue weighted by molar-refractivity contribution is -0.128. The maximum absolute atomic E-state index is 12.4. The van der Waals surface area contributed by atoms with Gasteiger partial charge >= 0.3 is 0 Å². The van der Waals surface area contributed by atoms with Crippen LogP contribution in [-0.2, 0) is 16.1 Å². The third kappa shape index (κ3) is 3.56. The fraction of sp³-hybridized carbons (Fsp3) is 0.294. The summed E-state index contributed by atoms with van der Waals surface area (Å²) in [6.07, 6.45) is 1.77. The fourth-order valence-corrected chi connectivity index (χ4v) is 2.93. The predicted octanol–water partition coefficient (Wildman–Crippen LogP) is 3.23. The summed E-state index contributed by atoms with van der Waals surface area (Å²) in [6.45, 7) is 2.70. The molecule has 0 aliphatic carbocycles. The van der Waals surface area contributed by atoms with Crippen LogP contribution >= 0.6 is 11.6 Å². The standard InChI is InChI=1S/C17H17ClN2O3/c1-11-4-5-15(14(18)7-11)19-17(22)12-8-16(21)20(9-12)10-13-3-2-6-23-13/h2-7,12H,8-10H2,1H3,(H,19,22)/t12-/m1/s1. The van der Waals surface area contributed by atoms with E-state index in [1.54, 1.807) is 29.4 Å². The van der Waals surface area contributed by atoms with Gasteiger partial charge in [0.05, 0.1) is 29.4 Å². The molecule has 1 aliphatic rings. The fourth-order valence-electron chi connectivity index (χ4n) is 2.65. The lowest BCUT2D eigenvalue weighted by atomic mass is 10.1. The number of carbonyl (C=O) groups excluding carboxylic acids is 2.